The zero-order valence-corrected chi connectivity index (χ0v) is 10.5. The summed E-state index contributed by atoms with van der Waals surface area (Å²) in [6.45, 7) is 6.01. The Kier molecular flexibility index (Phi) is 4.25. The quantitative estimate of drug-likeness (QED) is 0.711. The van der Waals surface area contributed by atoms with Crippen LogP contribution in [0.4, 0.5) is 0 Å². The fourth-order valence-corrected chi connectivity index (χ4v) is 1.40. The number of hydrogen-bond acceptors (Lipinski definition) is 2. The van der Waals surface area contributed by atoms with Crippen LogP contribution in [0.25, 0.3) is 0 Å². The lowest BCUT2D eigenvalue weighted by Crippen LogP contribution is -2.23. The minimum atomic E-state index is -0.222. The maximum absolute atomic E-state index is 11.9. The van der Waals surface area contributed by atoms with E-state index in [1.54, 1.807) is 7.11 Å². The predicted molar refractivity (Wildman–Crippen MR) is 65.8 cm³/mol. The first-order valence-corrected chi connectivity index (χ1v) is 5.59. The summed E-state index contributed by atoms with van der Waals surface area (Å²) >= 11 is 0. The Morgan fingerprint density at radius 3 is 2.31 bits per heavy atom. The average Bonchev–Trinajstić information content (AvgIpc) is 2.27. The number of Topliss-reactive ketones (excluding diaryl/α,β-unsaturated/α-hetero) is 1. The van der Waals surface area contributed by atoms with Gasteiger partial charge in [-0.05, 0) is 27.2 Å². The Labute approximate surface area is 97.6 Å². The van der Waals surface area contributed by atoms with Crippen LogP contribution in [0.1, 0.15) is 42.6 Å². The van der Waals surface area contributed by atoms with Gasteiger partial charge >= 0.3 is 0 Å². The third-order valence-electron chi connectivity index (χ3n) is 2.88. The highest BCUT2D eigenvalue weighted by atomic mass is 16.5. The summed E-state index contributed by atoms with van der Waals surface area (Å²) in [7, 11) is 1.68. The van der Waals surface area contributed by atoms with Gasteiger partial charge in [-0.25, -0.2) is 0 Å². The lowest BCUT2D eigenvalue weighted by Gasteiger charge is -2.22. The number of methoxy groups -OCH3 is 1. The maximum Gasteiger partial charge on any atom is 0.162 e. The van der Waals surface area contributed by atoms with Crippen LogP contribution < -0.4 is 0 Å². The minimum Gasteiger partial charge on any atom is -0.379 e. The van der Waals surface area contributed by atoms with Crippen molar-refractivity contribution < 1.29 is 9.53 Å². The van der Waals surface area contributed by atoms with Gasteiger partial charge < -0.3 is 4.74 Å². The molecule has 0 amide bonds. The highest BCUT2D eigenvalue weighted by Crippen LogP contribution is 2.17. The van der Waals surface area contributed by atoms with Crippen molar-refractivity contribution in [2.45, 2.75) is 39.2 Å². The highest BCUT2D eigenvalue weighted by Gasteiger charge is 2.18. The fraction of sp³-hybridized carbons (Fsp3) is 0.500. The molecule has 0 heterocycles. The second-order valence-electron chi connectivity index (χ2n) is 4.75. The maximum atomic E-state index is 11.9. The number of rotatable bonds is 5. The molecule has 0 spiro atoms. The topological polar surface area (TPSA) is 26.3 Å². The number of aryl methyl sites for hydroxylation is 1. The monoisotopic (exact) mass is 220 g/mol. The lowest BCUT2D eigenvalue weighted by molar-refractivity contribution is 0.0141. The number of hydrogen-bond donors (Lipinski definition) is 0. The molecule has 1 rings (SSSR count). The second-order valence-corrected chi connectivity index (χ2v) is 4.75. The zero-order chi connectivity index (χ0) is 12.2. The molecule has 0 unspecified atom stereocenters. The van der Waals surface area contributed by atoms with Crippen LogP contribution >= 0.6 is 0 Å². The Balaban J connectivity index is 2.56. The van der Waals surface area contributed by atoms with Gasteiger partial charge in [0.05, 0.1) is 5.60 Å². The fourth-order valence-electron chi connectivity index (χ4n) is 1.40. The standard InChI is InChI=1S/C14H20O2/c1-11-5-7-12(8-6-11)13(15)9-10-14(2,3)16-4/h5-8H,9-10H2,1-4H3. The molecule has 0 saturated heterocycles. The molecule has 88 valence electrons. The van der Waals surface area contributed by atoms with Gasteiger partial charge in [0, 0.05) is 19.1 Å². The molecule has 0 aliphatic rings. The Hall–Kier alpha value is -1.15. The first-order valence-electron chi connectivity index (χ1n) is 5.59. The van der Waals surface area contributed by atoms with E-state index in [0.29, 0.717) is 6.42 Å². The smallest absolute Gasteiger partial charge is 0.162 e. The predicted octanol–water partition coefficient (Wildman–Crippen LogP) is 3.38. The van der Waals surface area contributed by atoms with E-state index in [1.807, 2.05) is 45.0 Å². The van der Waals surface area contributed by atoms with E-state index < -0.39 is 0 Å². The molecule has 1 aromatic rings. The molecular weight excluding hydrogens is 200 g/mol. The third-order valence-corrected chi connectivity index (χ3v) is 2.88. The summed E-state index contributed by atoms with van der Waals surface area (Å²) in [6.07, 6.45) is 1.28. The van der Waals surface area contributed by atoms with E-state index in [0.717, 1.165) is 12.0 Å². The van der Waals surface area contributed by atoms with Gasteiger partial charge in [-0.15, -0.1) is 0 Å². The highest BCUT2D eigenvalue weighted by molar-refractivity contribution is 5.96. The van der Waals surface area contributed by atoms with Crippen molar-refractivity contribution >= 4 is 5.78 Å². The normalized spacial score (nSPS) is 11.5. The van der Waals surface area contributed by atoms with E-state index in [9.17, 15) is 4.79 Å². The molecule has 0 radical (unpaired) electrons. The molecule has 0 atom stereocenters. The Morgan fingerprint density at radius 2 is 1.81 bits per heavy atom. The van der Waals surface area contributed by atoms with Crippen LogP contribution in [-0.2, 0) is 4.74 Å². The molecule has 0 N–H and O–H groups in total. The molecule has 2 heteroatoms. The van der Waals surface area contributed by atoms with Gasteiger partial charge in [-0.3, -0.25) is 4.79 Å². The largest absolute Gasteiger partial charge is 0.379 e. The average molecular weight is 220 g/mol. The van der Waals surface area contributed by atoms with Gasteiger partial charge in [-0.1, -0.05) is 29.8 Å². The van der Waals surface area contributed by atoms with Crippen LogP contribution in [0.2, 0.25) is 0 Å². The van der Waals surface area contributed by atoms with Gasteiger partial charge in [0.1, 0.15) is 0 Å². The van der Waals surface area contributed by atoms with Crippen molar-refractivity contribution in [1.82, 2.24) is 0 Å². The minimum absolute atomic E-state index is 0.185. The Morgan fingerprint density at radius 1 is 1.25 bits per heavy atom. The van der Waals surface area contributed by atoms with E-state index in [1.165, 1.54) is 5.56 Å². The van der Waals surface area contributed by atoms with Crippen LogP contribution in [0, 0.1) is 6.92 Å². The van der Waals surface area contributed by atoms with Crippen molar-refractivity contribution in [2.24, 2.45) is 0 Å². The summed E-state index contributed by atoms with van der Waals surface area (Å²) in [4.78, 5) is 11.9. The van der Waals surface area contributed by atoms with E-state index in [-0.39, 0.29) is 11.4 Å². The summed E-state index contributed by atoms with van der Waals surface area (Å²) < 4.78 is 5.29. The van der Waals surface area contributed by atoms with Crippen molar-refractivity contribution in [3.05, 3.63) is 35.4 Å². The summed E-state index contributed by atoms with van der Waals surface area (Å²) in [6, 6.07) is 7.71. The molecule has 16 heavy (non-hydrogen) atoms. The van der Waals surface area contributed by atoms with Crippen molar-refractivity contribution in [1.29, 1.82) is 0 Å². The van der Waals surface area contributed by atoms with Gasteiger partial charge in [0.2, 0.25) is 0 Å². The molecule has 2 nitrogen and oxygen atoms in total. The van der Waals surface area contributed by atoms with Gasteiger partial charge in [-0.2, -0.15) is 0 Å². The number of ketones is 1. The zero-order valence-electron chi connectivity index (χ0n) is 10.5. The molecule has 0 saturated carbocycles. The van der Waals surface area contributed by atoms with Crippen LogP contribution in [0.3, 0.4) is 0 Å². The molecule has 1 aromatic carbocycles. The van der Waals surface area contributed by atoms with E-state index in [2.05, 4.69) is 0 Å². The van der Waals surface area contributed by atoms with Crippen molar-refractivity contribution in [2.75, 3.05) is 7.11 Å². The summed E-state index contributed by atoms with van der Waals surface area (Å²) in [5.74, 6) is 0.185. The summed E-state index contributed by atoms with van der Waals surface area (Å²) in [5.41, 5.74) is 1.74. The molecule has 0 aromatic heterocycles. The van der Waals surface area contributed by atoms with Crippen LogP contribution in [-0.4, -0.2) is 18.5 Å². The number of benzene rings is 1. The SMILES string of the molecule is COC(C)(C)CCC(=O)c1ccc(C)cc1. The molecule has 0 aliphatic carbocycles. The number of carbonyl (C=O) groups excluding carboxylic acids is 1. The molecule has 0 bridgehead atoms. The Bertz CT molecular complexity index is 350. The summed E-state index contributed by atoms with van der Waals surface area (Å²) in [5, 5.41) is 0. The number of ether oxygens (including phenoxy) is 1. The van der Waals surface area contributed by atoms with E-state index >= 15 is 0 Å². The van der Waals surface area contributed by atoms with Gasteiger partial charge in [0.15, 0.2) is 5.78 Å². The third kappa shape index (κ3) is 3.78. The molecule has 0 aliphatic heterocycles. The van der Waals surface area contributed by atoms with E-state index in [4.69, 9.17) is 4.74 Å². The van der Waals surface area contributed by atoms with Crippen LogP contribution in [0.15, 0.2) is 24.3 Å². The van der Waals surface area contributed by atoms with Crippen LogP contribution in [0.5, 0.6) is 0 Å². The van der Waals surface area contributed by atoms with Gasteiger partial charge in [0.25, 0.3) is 0 Å². The molecular formula is C14H20O2. The lowest BCUT2D eigenvalue weighted by atomic mass is 9.97. The van der Waals surface area contributed by atoms with Crippen molar-refractivity contribution in [3.8, 4) is 0 Å². The van der Waals surface area contributed by atoms with Crippen molar-refractivity contribution in [3.63, 3.8) is 0 Å². The first kappa shape index (κ1) is 12.9. The molecule has 0 fully saturated rings. The first-order chi connectivity index (χ1) is 7.44. The number of carbonyl (C=O) groups is 1. The second kappa shape index (κ2) is 5.26.